The lowest BCUT2D eigenvalue weighted by Crippen LogP contribution is -2.26. The average molecular weight is 254 g/mol. The molecule has 1 saturated carbocycles. The Hall–Kier alpha value is -1.06. The molecule has 2 rings (SSSR count). The van der Waals surface area contributed by atoms with Gasteiger partial charge < -0.3 is 9.47 Å². The van der Waals surface area contributed by atoms with Crippen molar-refractivity contribution in [3.63, 3.8) is 0 Å². The molecule has 0 aromatic rings. The van der Waals surface area contributed by atoms with E-state index >= 15 is 0 Å². The second-order valence-electron chi connectivity index (χ2n) is 5.47. The first kappa shape index (κ1) is 13.4. The monoisotopic (exact) mass is 254 g/mol. The lowest BCUT2D eigenvalue weighted by molar-refractivity contribution is -0.155. The van der Waals surface area contributed by atoms with Crippen molar-refractivity contribution in [3.8, 4) is 0 Å². The Kier molecular flexibility index (Phi) is 4.25. The first-order valence-corrected chi connectivity index (χ1v) is 7.00. The summed E-state index contributed by atoms with van der Waals surface area (Å²) in [6, 6.07) is 0. The zero-order valence-electron chi connectivity index (χ0n) is 11.2. The number of carbonyl (C=O) groups excluding carboxylic acids is 2. The van der Waals surface area contributed by atoms with Gasteiger partial charge >= 0.3 is 11.9 Å². The summed E-state index contributed by atoms with van der Waals surface area (Å²) in [5.74, 6) is 0.726. The quantitative estimate of drug-likeness (QED) is 0.722. The Bertz CT molecular complexity index is 326. The first-order valence-electron chi connectivity index (χ1n) is 7.00. The van der Waals surface area contributed by atoms with E-state index in [1.54, 1.807) is 0 Å². The molecule has 1 aliphatic carbocycles. The third kappa shape index (κ3) is 2.85. The number of hydrogen-bond acceptors (Lipinski definition) is 4. The molecule has 0 N–H and O–H groups in total. The van der Waals surface area contributed by atoms with Gasteiger partial charge in [0.05, 0.1) is 12.3 Å². The highest BCUT2D eigenvalue weighted by Crippen LogP contribution is 2.40. The van der Waals surface area contributed by atoms with Crippen LogP contribution in [0, 0.1) is 17.8 Å². The average Bonchev–Trinajstić information content (AvgIpc) is 2.95. The summed E-state index contributed by atoms with van der Waals surface area (Å²) in [7, 11) is 0. The topological polar surface area (TPSA) is 52.6 Å². The molecule has 1 saturated heterocycles. The van der Waals surface area contributed by atoms with E-state index in [0.29, 0.717) is 11.8 Å². The fraction of sp³-hybridized carbons (Fsp3) is 0.857. The van der Waals surface area contributed by atoms with Crippen LogP contribution < -0.4 is 0 Å². The van der Waals surface area contributed by atoms with E-state index < -0.39 is 0 Å². The van der Waals surface area contributed by atoms with Crippen LogP contribution in [0.3, 0.4) is 0 Å². The van der Waals surface area contributed by atoms with Gasteiger partial charge in [-0.2, -0.15) is 0 Å². The van der Waals surface area contributed by atoms with E-state index in [-0.39, 0.29) is 37.0 Å². The van der Waals surface area contributed by atoms with Gasteiger partial charge in [-0.1, -0.05) is 26.7 Å². The van der Waals surface area contributed by atoms with Crippen LogP contribution in [0.15, 0.2) is 0 Å². The number of esters is 2. The van der Waals surface area contributed by atoms with E-state index in [0.717, 1.165) is 25.7 Å². The van der Waals surface area contributed by atoms with Crippen molar-refractivity contribution >= 4 is 11.9 Å². The van der Waals surface area contributed by atoms with E-state index in [9.17, 15) is 9.59 Å². The molecule has 0 spiro atoms. The Morgan fingerprint density at radius 3 is 2.67 bits per heavy atom. The molecule has 0 aromatic heterocycles. The minimum Gasteiger partial charge on any atom is -0.462 e. The molecule has 4 unspecified atom stereocenters. The van der Waals surface area contributed by atoms with Gasteiger partial charge in [0, 0.05) is 0 Å². The van der Waals surface area contributed by atoms with E-state index in [2.05, 4.69) is 13.8 Å². The van der Waals surface area contributed by atoms with Crippen LogP contribution in [-0.4, -0.2) is 24.6 Å². The lowest BCUT2D eigenvalue weighted by Gasteiger charge is -2.18. The van der Waals surface area contributed by atoms with Crippen LogP contribution in [0.4, 0.5) is 0 Å². The molecule has 102 valence electrons. The predicted octanol–water partition coefficient (Wildman–Crippen LogP) is 2.31. The van der Waals surface area contributed by atoms with Crippen molar-refractivity contribution in [3.05, 3.63) is 0 Å². The number of cyclic esters (lactones) is 1. The summed E-state index contributed by atoms with van der Waals surface area (Å²) in [6.07, 6.45) is 4.08. The highest BCUT2D eigenvalue weighted by atomic mass is 16.6. The third-order valence-corrected chi connectivity index (χ3v) is 4.30. The molecule has 4 heteroatoms. The number of rotatable bonds is 4. The maximum absolute atomic E-state index is 12.1. The van der Waals surface area contributed by atoms with Crippen LogP contribution in [0.1, 0.15) is 46.0 Å². The van der Waals surface area contributed by atoms with Crippen molar-refractivity contribution in [1.29, 1.82) is 0 Å². The van der Waals surface area contributed by atoms with Crippen molar-refractivity contribution in [1.82, 2.24) is 0 Å². The van der Waals surface area contributed by atoms with Crippen LogP contribution >= 0.6 is 0 Å². The largest absolute Gasteiger partial charge is 0.462 e. The molecule has 0 bridgehead atoms. The molecule has 4 nitrogen and oxygen atoms in total. The zero-order chi connectivity index (χ0) is 13.1. The molecule has 18 heavy (non-hydrogen) atoms. The van der Waals surface area contributed by atoms with Gasteiger partial charge in [0.15, 0.2) is 0 Å². The standard InChI is InChI=1S/C14H22O4/c1-3-9-5-10(4-2)12(6-9)14(16)18-11-7-13(15)17-8-11/h9-12H,3-8H2,1-2H3. The van der Waals surface area contributed by atoms with Gasteiger partial charge in [-0.15, -0.1) is 0 Å². The van der Waals surface area contributed by atoms with E-state index in [1.165, 1.54) is 0 Å². The summed E-state index contributed by atoms with van der Waals surface area (Å²) >= 11 is 0. The highest BCUT2D eigenvalue weighted by molar-refractivity contribution is 5.76. The highest BCUT2D eigenvalue weighted by Gasteiger charge is 2.39. The molecule has 0 radical (unpaired) electrons. The van der Waals surface area contributed by atoms with Crippen molar-refractivity contribution in [2.45, 2.75) is 52.1 Å². The lowest BCUT2D eigenvalue weighted by atomic mass is 9.94. The Labute approximate surface area is 108 Å². The molecular formula is C14H22O4. The number of hydrogen-bond donors (Lipinski definition) is 0. The molecule has 4 atom stereocenters. The van der Waals surface area contributed by atoms with E-state index in [4.69, 9.17) is 9.47 Å². The molecule has 0 aromatic carbocycles. The molecule has 2 aliphatic rings. The summed E-state index contributed by atoms with van der Waals surface area (Å²) < 4.78 is 10.2. The summed E-state index contributed by atoms with van der Waals surface area (Å²) in [5.41, 5.74) is 0. The molecular weight excluding hydrogens is 232 g/mol. The fourth-order valence-corrected chi connectivity index (χ4v) is 3.13. The van der Waals surface area contributed by atoms with Crippen LogP contribution in [0.2, 0.25) is 0 Å². The summed E-state index contributed by atoms with van der Waals surface area (Å²) in [5, 5.41) is 0. The molecule has 0 amide bonds. The Morgan fingerprint density at radius 1 is 1.33 bits per heavy atom. The van der Waals surface area contributed by atoms with Crippen LogP contribution in [0.5, 0.6) is 0 Å². The van der Waals surface area contributed by atoms with Crippen molar-refractivity contribution in [2.24, 2.45) is 17.8 Å². The van der Waals surface area contributed by atoms with Gasteiger partial charge in [-0.05, 0) is 24.7 Å². The van der Waals surface area contributed by atoms with Crippen LogP contribution in [-0.2, 0) is 19.1 Å². The first-order chi connectivity index (χ1) is 8.63. The fourth-order valence-electron chi connectivity index (χ4n) is 3.13. The second-order valence-corrected chi connectivity index (χ2v) is 5.47. The van der Waals surface area contributed by atoms with Crippen LogP contribution in [0.25, 0.3) is 0 Å². The third-order valence-electron chi connectivity index (χ3n) is 4.30. The van der Waals surface area contributed by atoms with Gasteiger partial charge in [0.25, 0.3) is 0 Å². The second kappa shape index (κ2) is 5.72. The SMILES string of the molecule is CCC1CC(CC)C(C(=O)OC2COC(=O)C2)C1. The smallest absolute Gasteiger partial charge is 0.309 e. The Morgan fingerprint density at radius 2 is 2.11 bits per heavy atom. The predicted molar refractivity (Wildman–Crippen MR) is 65.7 cm³/mol. The van der Waals surface area contributed by atoms with Gasteiger partial charge in [-0.25, -0.2) is 0 Å². The maximum atomic E-state index is 12.1. The normalized spacial score (nSPS) is 35.6. The van der Waals surface area contributed by atoms with Crippen molar-refractivity contribution < 1.29 is 19.1 Å². The van der Waals surface area contributed by atoms with Gasteiger partial charge in [0.1, 0.15) is 12.7 Å². The maximum Gasteiger partial charge on any atom is 0.309 e. The van der Waals surface area contributed by atoms with E-state index in [1.807, 2.05) is 0 Å². The molecule has 1 heterocycles. The minimum absolute atomic E-state index is 0.0238. The summed E-state index contributed by atoms with van der Waals surface area (Å²) in [6.45, 7) is 4.53. The number of ether oxygens (including phenoxy) is 2. The summed E-state index contributed by atoms with van der Waals surface area (Å²) in [4.78, 5) is 23.1. The molecule has 1 aliphatic heterocycles. The Balaban J connectivity index is 1.89. The molecule has 2 fully saturated rings. The van der Waals surface area contributed by atoms with Crippen molar-refractivity contribution in [2.75, 3.05) is 6.61 Å². The van der Waals surface area contributed by atoms with Gasteiger partial charge in [0.2, 0.25) is 0 Å². The zero-order valence-corrected chi connectivity index (χ0v) is 11.2. The number of carbonyl (C=O) groups is 2. The minimum atomic E-state index is -0.358. The van der Waals surface area contributed by atoms with Gasteiger partial charge in [-0.3, -0.25) is 9.59 Å².